The van der Waals surface area contributed by atoms with Crippen molar-refractivity contribution in [3.8, 4) is 16.9 Å². The molecule has 66 valence electrons. The van der Waals surface area contributed by atoms with E-state index in [-0.39, 0.29) is 5.75 Å². The monoisotopic (exact) mass is 191 g/mol. The van der Waals surface area contributed by atoms with Crippen LogP contribution in [0.4, 0.5) is 5.69 Å². The maximum absolute atomic E-state index is 9.56. The van der Waals surface area contributed by atoms with E-state index in [9.17, 15) is 5.11 Å². The van der Waals surface area contributed by atoms with Crippen LogP contribution >= 0.6 is 11.3 Å². The van der Waals surface area contributed by atoms with Crippen LogP contribution in [-0.2, 0) is 0 Å². The minimum atomic E-state index is 0.271. The summed E-state index contributed by atoms with van der Waals surface area (Å²) in [6.07, 6.45) is 0. The first kappa shape index (κ1) is 8.13. The molecule has 0 atom stereocenters. The standard InChI is InChI=1S/C10H9NOS/c11-9-6-13-5-8(9)7-3-1-2-4-10(7)12/h1-6,12H,11H2. The van der Waals surface area contributed by atoms with Gasteiger partial charge in [0.1, 0.15) is 5.75 Å². The van der Waals surface area contributed by atoms with E-state index in [2.05, 4.69) is 0 Å². The number of phenols is 1. The number of hydrogen-bond donors (Lipinski definition) is 2. The molecule has 0 aliphatic rings. The second kappa shape index (κ2) is 3.11. The number of rotatable bonds is 1. The molecule has 1 heterocycles. The summed E-state index contributed by atoms with van der Waals surface area (Å²) in [5.41, 5.74) is 8.15. The first-order valence-corrected chi connectivity index (χ1v) is 4.83. The van der Waals surface area contributed by atoms with Crippen molar-refractivity contribution in [2.24, 2.45) is 0 Å². The highest BCUT2D eigenvalue weighted by Gasteiger charge is 2.06. The molecule has 0 saturated carbocycles. The van der Waals surface area contributed by atoms with Crippen LogP contribution in [0.1, 0.15) is 0 Å². The molecule has 3 heteroatoms. The van der Waals surface area contributed by atoms with Crippen molar-refractivity contribution in [3.05, 3.63) is 35.0 Å². The van der Waals surface area contributed by atoms with Gasteiger partial charge in [0.15, 0.2) is 0 Å². The van der Waals surface area contributed by atoms with Crippen LogP contribution in [0.15, 0.2) is 35.0 Å². The predicted octanol–water partition coefficient (Wildman–Crippen LogP) is 2.70. The molecule has 13 heavy (non-hydrogen) atoms. The van der Waals surface area contributed by atoms with Crippen LogP contribution in [-0.4, -0.2) is 5.11 Å². The summed E-state index contributed by atoms with van der Waals surface area (Å²) >= 11 is 1.53. The number of hydrogen-bond acceptors (Lipinski definition) is 3. The van der Waals surface area contributed by atoms with Gasteiger partial charge in [0.25, 0.3) is 0 Å². The van der Waals surface area contributed by atoms with Crippen LogP contribution in [0.2, 0.25) is 0 Å². The van der Waals surface area contributed by atoms with E-state index in [1.807, 2.05) is 22.9 Å². The number of anilines is 1. The van der Waals surface area contributed by atoms with Crippen molar-refractivity contribution in [2.45, 2.75) is 0 Å². The van der Waals surface area contributed by atoms with Gasteiger partial charge in [-0.1, -0.05) is 18.2 Å². The molecule has 1 aromatic carbocycles. The molecule has 0 aliphatic heterocycles. The zero-order valence-electron chi connectivity index (χ0n) is 6.90. The number of aromatic hydroxyl groups is 1. The Morgan fingerprint density at radius 2 is 1.85 bits per heavy atom. The fourth-order valence-corrected chi connectivity index (χ4v) is 1.97. The molecule has 2 aromatic rings. The minimum Gasteiger partial charge on any atom is -0.507 e. The van der Waals surface area contributed by atoms with Gasteiger partial charge in [-0.15, -0.1) is 11.3 Å². The second-order valence-corrected chi connectivity index (χ2v) is 3.50. The summed E-state index contributed by atoms with van der Waals surface area (Å²) in [7, 11) is 0. The third-order valence-corrected chi connectivity index (χ3v) is 2.65. The number of nitrogens with two attached hydrogens (primary N) is 1. The quantitative estimate of drug-likeness (QED) is 0.728. The van der Waals surface area contributed by atoms with Crippen LogP contribution < -0.4 is 5.73 Å². The third-order valence-electron chi connectivity index (χ3n) is 1.89. The minimum absolute atomic E-state index is 0.271. The van der Waals surface area contributed by atoms with E-state index in [0.29, 0.717) is 5.69 Å². The Bertz CT molecular complexity index is 422. The van der Waals surface area contributed by atoms with Gasteiger partial charge in [0.05, 0.1) is 5.69 Å². The molecule has 0 amide bonds. The molecule has 0 radical (unpaired) electrons. The first-order chi connectivity index (χ1) is 6.29. The topological polar surface area (TPSA) is 46.2 Å². The van der Waals surface area contributed by atoms with Crippen molar-refractivity contribution >= 4 is 17.0 Å². The fraction of sp³-hybridized carbons (Fsp3) is 0. The Labute approximate surface area is 80.3 Å². The highest BCUT2D eigenvalue weighted by atomic mass is 32.1. The lowest BCUT2D eigenvalue weighted by atomic mass is 10.1. The molecule has 3 N–H and O–H groups in total. The van der Waals surface area contributed by atoms with Gasteiger partial charge < -0.3 is 10.8 Å². The lowest BCUT2D eigenvalue weighted by molar-refractivity contribution is 0.477. The van der Waals surface area contributed by atoms with Crippen molar-refractivity contribution in [2.75, 3.05) is 5.73 Å². The zero-order valence-corrected chi connectivity index (χ0v) is 7.71. The van der Waals surface area contributed by atoms with Crippen LogP contribution in [0.5, 0.6) is 5.75 Å². The largest absolute Gasteiger partial charge is 0.507 e. The van der Waals surface area contributed by atoms with Gasteiger partial charge >= 0.3 is 0 Å². The number of para-hydroxylation sites is 1. The fourth-order valence-electron chi connectivity index (χ4n) is 1.23. The molecule has 0 fully saturated rings. The van der Waals surface area contributed by atoms with Crippen molar-refractivity contribution in [1.29, 1.82) is 0 Å². The summed E-state index contributed by atoms with van der Waals surface area (Å²) < 4.78 is 0. The number of phenolic OH excluding ortho intramolecular Hbond substituents is 1. The average Bonchev–Trinajstić information content (AvgIpc) is 2.52. The van der Waals surface area contributed by atoms with E-state index in [4.69, 9.17) is 5.73 Å². The normalized spacial score (nSPS) is 10.2. The van der Waals surface area contributed by atoms with E-state index in [0.717, 1.165) is 11.1 Å². The van der Waals surface area contributed by atoms with Crippen molar-refractivity contribution in [1.82, 2.24) is 0 Å². The summed E-state index contributed by atoms with van der Waals surface area (Å²) in [4.78, 5) is 0. The van der Waals surface area contributed by atoms with Gasteiger partial charge in [-0.05, 0) is 6.07 Å². The Morgan fingerprint density at radius 1 is 1.08 bits per heavy atom. The molecule has 0 bridgehead atoms. The predicted molar refractivity (Wildman–Crippen MR) is 55.8 cm³/mol. The molecule has 1 aromatic heterocycles. The van der Waals surface area contributed by atoms with Gasteiger partial charge in [0.2, 0.25) is 0 Å². The van der Waals surface area contributed by atoms with Crippen LogP contribution in [0.3, 0.4) is 0 Å². The van der Waals surface area contributed by atoms with E-state index in [1.165, 1.54) is 11.3 Å². The van der Waals surface area contributed by atoms with Crippen molar-refractivity contribution < 1.29 is 5.11 Å². The van der Waals surface area contributed by atoms with Crippen LogP contribution in [0.25, 0.3) is 11.1 Å². The zero-order chi connectivity index (χ0) is 9.26. The van der Waals surface area contributed by atoms with Gasteiger partial charge in [-0.2, -0.15) is 0 Å². The van der Waals surface area contributed by atoms with Gasteiger partial charge in [-0.3, -0.25) is 0 Å². The molecular weight excluding hydrogens is 182 g/mol. The summed E-state index contributed by atoms with van der Waals surface area (Å²) in [5, 5.41) is 13.4. The maximum atomic E-state index is 9.56. The van der Waals surface area contributed by atoms with E-state index >= 15 is 0 Å². The summed E-state index contributed by atoms with van der Waals surface area (Å²) in [5.74, 6) is 0.271. The van der Waals surface area contributed by atoms with Crippen molar-refractivity contribution in [3.63, 3.8) is 0 Å². The highest BCUT2D eigenvalue weighted by Crippen LogP contribution is 2.34. The number of nitrogen functional groups attached to an aromatic ring is 1. The Kier molecular flexibility index (Phi) is 1.94. The average molecular weight is 191 g/mol. The molecule has 0 spiro atoms. The Morgan fingerprint density at radius 3 is 2.46 bits per heavy atom. The van der Waals surface area contributed by atoms with Gasteiger partial charge in [-0.25, -0.2) is 0 Å². The molecule has 0 aliphatic carbocycles. The summed E-state index contributed by atoms with van der Waals surface area (Å²) in [6, 6.07) is 7.19. The lowest BCUT2D eigenvalue weighted by Gasteiger charge is -2.02. The number of benzene rings is 1. The first-order valence-electron chi connectivity index (χ1n) is 3.89. The van der Waals surface area contributed by atoms with E-state index in [1.54, 1.807) is 12.1 Å². The molecule has 2 rings (SSSR count). The molecular formula is C10H9NOS. The maximum Gasteiger partial charge on any atom is 0.123 e. The molecule has 2 nitrogen and oxygen atoms in total. The smallest absolute Gasteiger partial charge is 0.123 e. The van der Waals surface area contributed by atoms with Crippen LogP contribution in [0, 0.1) is 0 Å². The lowest BCUT2D eigenvalue weighted by Crippen LogP contribution is -1.84. The SMILES string of the molecule is Nc1cscc1-c1ccccc1O. The second-order valence-electron chi connectivity index (χ2n) is 2.76. The third kappa shape index (κ3) is 1.38. The number of thiophene rings is 1. The summed E-state index contributed by atoms with van der Waals surface area (Å²) in [6.45, 7) is 0. The Balaban J connectivity index is 2.59. The van der Waals surface area contributed by atoms with Gasteiger partial charge in [0, 0.05) is 21.9 Å². The molecule has 0 unspecified atom stereocenters. The van der Waals surface area contributed by atoms with E-state index < -0.39 is 0 Å². The molecule has 0 saturated heterocycles. The Hall–Kier alpha value is -1.48. The highest BCUT2D eigenvalue weighted by molar-refractivity contribution is 7.08.